The molecule has 1 nitrogen and oxygen atoms in total. The second kappa shape index (κ2) is 6.58. The van der Waals surface area contributed by atoms with E-state index in [1.54, 1.807) is 0 Å². The van der Waals surface area contributed by atoms with E-state index < -0.39 is 0 Å². The fourth-order valence-electron chi connectivity index (χ4n) is 3.01. The van der Waals surface area contributed by atoms with Gasteiger partial charge in [0.2, 0.25) is 0 Å². The van der Waals surface area contributed by atoms with Crippen LogP contribution in [0.4, 0.5) is 0 Å². The maximum Gasteiger partial charge on any atom is 0.0406 e. The molecule has 0 aromatic heterocycles. The Morgan fingerprint density at radius 1 is 1.28 bits per heavy atom. The summed E-state index contributed by atoms with van der Waals surface area (Å²) in [5, 5.41) is 4.55. The van der Waals surface area contributed by atoms with E-state index in [0.29, 0.717) is 6.04 Å². The number of halogens is 1. The highest BCUT2D eigenvalue weighted by Gasteiger charge is 2.23. The molecule has 1 aliphatic carbocycles. The second-order valence-electron chi connectivity index (χ2n) is 5.59. The number of rotatable bonds is 5. The maximum atomic E-state index is 5.94. The lowest BCUT2D eigenvalue weighted by atomic mass is 9.97. The molecule has 100 valence electrons. The monoisotopic (exact) mass is 265 g/mol. The number of hydrogen-bond donors (Lipinski definition) is 1. The van der Waals surface area contributed by atoms with Crippen molar-refractivity contribution in [1.82, 2.24) is 5.32 Å². The lowest BCUT2D eigenvalue weighted by molar-refractivity contribution is 0.365. The standard InChI is InChI=1S/C16H24ClN/c1-3-16(13-7-9-15(17)10-8-13)18-11-14-6-4-5-12(14)2/h7-10,12,14,16,18H,3-6,11H2,1-2H3. The molecule has 3 atom stereocenters. The van der Waals surface area contributed by atoms with Crippen molar-refractivity contribution in [2.45, 2.75) is 45.6 Å². The van der Waals surface area contributed by atoms with Gasteiger partial charge in [-0.1, -0.05) is 50.4 Å². The van der Waals surface area contributed by atoms with E-state index in [2.05, 4.69) is 31.3 Å². The summed E-state index contributed by atoms with van der Waals surface area (Å²) in [5.41, 5.74) is 1.35. The summed E-state index contributed by atoms with van der Waals surface area (Å²) in [6.07, 6.45) is 5.34. The molecule has 2 heteroatoms. The van der Waals surface area contributed by atoms with Crippen LogP contribution >= 0.6 is 11.6 Å². The molecular formula is C16H24ClN. The van der Waals surface area contributed by atoms with Crippen LogP contribution in [-0.2, 0) is 0 Å². The fourth-order valence-corrected chi connectivity index (χ4v) is 3.14. The molecule has 1 N–H and O–H groups in total. The van der Waals surface area contributed by atoms with Crippen LogP contribution in [0.3, 0.4) is 0 Å². The molecule has 1 saturated carbocycles. The van der Waals surface area contributed by atoms with Crippen molar-refractivity contribution >= 4 is 11.6 Å². The van der Waals surface area contributed by atoms with Crippen molar-refractivity contribution in [3.63, 3.8) is 0 Å². The van der Waals surface area contributed by atoms with Gasteiger partial charge in [-0.15, -0.1) is 0 Å². The topological polar surface area (TPSA) is 12.0 Å². The van der Waals surface area contributed by atoms with Crippen LogP contribution in [0.25, 0.3) is 0 Å². The predicted molar refractivity (Wildman–Crippen MR) is 79.0 cm³/mol. The Balaban J connectivity index is 1.91. The van der Waals surface area contributed by atoms with Crippen molar-refractivity contribution < 1.29 is 0 Å². The largest absolute Gasteiger partial charge is 0.310 e. The maximum absolute atomic E-state index is 5.94. The Labute approximate surface area is 116 Å². The highest BCUT2D eigenvalue weighted by Crippen LogP contribution is 2.31. The SMILES string of the molecule is CCC(NCC1CCCC1C)c1ccc(Cl)cc1. The number of hydrogen-bond acceptors (Lipinski definition) is 1. The van der Waals surface area contributed by atoms with Crippen LogP contribution in [-0.4, -0.2) is 6.54 Å². The molecule has 0 bridgehead atoms. The zero-order chi connectivity index (χ0) is 13.0. The van der Waals surface area contributed by atoms with Crippen LogP contribution < -0.4 is 5.32 Å². The van der Waals surface area contributed by atoms with E-state index in [1.165, 1.54) is 24.8 Å². The molecule has 0 amide bonds. The van der Waals surface area contributed by atoms with E-state index in [4.69, 9.17) is 11.6 Å². The van der Waals surface area contributed by atoms with Gasteiger partial charge >= 0.3 is 0 Å². The van der Waals surface area contributed by atoms with Gasteiger partial charge < -0.3 is 5.32 Å². The van der Waals surface area contributed by atoms with Crippen LogP contribution in [0.5, 0.6) is 0 Å². The van der Waals surface area contributed by atoms with Crippen LogP contribution in [0.1, 0.15) is 51.1 Å². The highest BCUT2D eigenvalue weighted by atomic mass is 35.5. The van der Waals surface area contributed by atoms with Crippen molar-refractivity contribution in [2.24, 2.45) is 11.8 Å². The van der Waals surface area contributed by atoms with Crippen molar-refractivity contribution in [3.05, 3.63) is 34.9 Å². The Morgan fingerprint density at radius 2 is 2.00 bits per heavy atom. The zero-order valence-corrected chi connectivity index (χ0v) is 12.2. The normalized spacial score (nSPS) is 25.3. The molecule has 0 heterocycles. The first-order chi connectivity index (χ1) is 8.70. The van der Waals surface area contributed by atoms with E-state index >= 15 is 0 Å². The average Bonchev–Trinajstić information content (AvgIpc) is 2.78. The van der Waals surface area contributed by atoms with Gasteiger partial charge in [-0.2, -0.15) is 0 Å². The minimum absolute atomic E-state index is 0.468. The lowest BCUT2D eigenvalue weighted by Crippen LogP contribution is -2.28. The second-order valence-corrected chi connectivity index (χ2v) is 6.03. The van der Waals surface area contributed by atoms with Gasteiger partial charge in [-0.05, 0) is 48.9 Å². The minimum Gasteiger partial charge on any atom is -0.310 e. The molecule has 0 spiro atoms. The predicted octanol–water partition coefficient (Wildman–Crippen LogP) is 4.82. The third-order valence-electron chi connectivity index (χ3n) is 4.35. The summed E-state index contributed by atoms with van der Waals surface area (Å²) in [6.45, 7) is 5.79. The van der Waals surface area contributed by atoms with Gasteiger partial charge in [-0.25, -0.2) is 0 Å². The molecular weight excluding hydrogens is 242 g/mol. The van der Waals surface area contributed by atoms with E-state index in [1.807, 2.05) is 12.1 Å². The first-order valence-electron chi connectivity index (χ1n) is 7.19. The molecule has 1 aromatic carbocycles. The van der Waals surface area contributed by atoms with Gasteiger partial charge in [0.25, 0.3) is 0 Å². The Morgan fingerprint density at radius 3 is 2.56 bits per heavy atom. The third kappa shape index (κ3) is 3.49. The third-order valence-corrected chi connectivity index (χ3v) is 4.60. The number of benzene rings is 1. The molecule has 1 fully saturated rings. The summed E-state index contributed by atoms with van der Waals surface area (Å²) in [4.78, 5) is 0. The van der Waals surface area contributed by atoms with Crippen LogP contribution in [0.2, 0.25) is 5.02 Å². The summed E-state index contributed by atoms with van der Waals surface area (Å²) >= 11 is 5.94. The van der Waals surface area contributed by atoms with Crippen LogP contribution in [0.15, 0.2) is 24.3 Å². The first-order valence-corrected chi connectivity index (χ1v) is 7.57. The Kier molecular flexibility index (Phi) is 5.08. The summed E-state index contributed by atoms with van der Waals surface area (Å²) in [7, 11) is 0. The quantitative estimate of drug-likeness (QED) is 0.805. The Bertz CT molecular complexity index is 360. The minimum atomic E-state index is 0.468. The molecule has 0 radical (unpaired) electrons. The molecule has 3 unspecified atom stereocenters. The van der Waals surface area contributed by atoms with Gasteiger partial charge in [0.05, 0.1) is 0 Å². The van der Waals surface area contributed by atoms with Gasteiger partial charge in [-0.3, -0.25) is 0 Å². The van der Waals surface area contributed by atoms with E-state index in [0.717, 1.165) is 29.8 Å². The summed E-state index contributed by atoms with van der Waals surface area (Å²) in [6, 6.07) is 8.72. The van der Waals surface area contributed by atoms with E-state index in [-0.39, 0.29) is 0 Å². The molecule has 1 aliphatic rings. The molecule has 18 heavy (non-hydrogen) atoms. The smallest absolute Gasteiger partial charge is 0.0406 e. The van der Waals surface area contributed by atoms with Crippen LogP contribution in [0, 0.1) is 11.8 Å². The number of nitrogens with one attached hydrogen (secondary N) is 1. The molecule has 0 aliphatic heterocycles. The summed E-state index contributed by atoms with van der Waals surface area (Å²) < 4.78 is 0. The summed E-state index contributed by atoms with van der Waals surface area (Å²) in [5.74, 6) is 1.76. The van der Waals surface area contributed by atoms with Gasteiger partial charge in [0.15, 0.2) is 0 Å². The molecule has 1 aromatic rings. The van der Waals surface area contributed by atoms with Crippen molar-refractivity contribution in [2.75, 3.05) is 6.54 Å². The van der Waals surface area contributed by atoms with E-state index in [9.17, 15) is 0 Å². The van der Waals surface area contributed by atoms with Gasteiger partial charge in [0, 0.05) is 11.1 Å². The highest BCUT2D eigenvalue weighted by molar-refractivity contribution is 6.30. The molecule has 2 rings (SSSR count). The molecule has 0 saturated heterocycles. The van der Waals surface area contributed by atoms with Gasteiger partial charge in [0.1, 0.15) is 0 Å². The zero-order valence-electron chi connectivity index (χ0n) is 11.5. The Hall–Kier alpha value is -0.530. The first kappa shape index (κ1) is 13.9. The van der Waals surface area contributed by atoms with Crippen molar-refractivity contribution in [3.8, 4) is 0 Å². The van der Waals surface area contributed by atoms with Crippen molar-refractivity contribution in [1.29, 1.82) is 0 Å². The lowest BCUT2D eigenvalue weighted by Gasteiger charge is -2.22. The average molecular weight is 266 g/mol. The fraction of sp³-hybridized carbons (Fsp3) is 0.625.